The standard InChI is InChI=1S/C16H22N4O3/c1-10(2)14-17-18-15(23-14)13-9-22-8-7-20(13)16(21)12-6-5-11(3)19(12)4/h5-6,10,13H,7-9H2,1-4H3/t13-/m0/s1. The maximum absolute atomic E-state index is 12.9. The van der Waals surface area contributed by atoms with Crippen molar-refractivity contribution in [2.75, 3.05) is 19.8 Å². The number of rotatable bonds is 3. The van der Waals surface area contributed by atoms with Crippen molar-refractivity contribution >= 4 is 5.91 Å². The maximum atomic E-state index is 12.9. The second kappa shape index (κ2) is 6.16. The van der Waals surface area contributed by atoms with Crippen LogP contribution < -0.4 is 0 Å². The minimum Gasteiger partial charge on any atom is -0.423 e. The molecule has 1 amide bonds. The number of carbonyl (C=O) groups is 1. The summed E-state index contributed by atoms with van der Waals surface area (Å²) in [6, 6.07) is 3.44. The Bertz CT molecular complexity index is 704. The van der Waals surface area contributed by atoms with E-state index in [-0.39, 0.29) is 17.9 Å². The zero-order valence-electron chi connectivity index (χ0n) is 13.9. The van der Waals surface area contributed by atoms with Gasteiger partial charge in [-0.15, -0.1) is 10.2 Å². The van der Waals surface area contributed by atoms with Crippen LogP contribution in [0.4, 0.5) is 0 Å². The fourth-order valence-electron chi connectivity index (χ4n) is 2.64. The van der Waals surface area contributed by atoms with Crippen LogP contribution in [0.15, 0.2) is 16.5 Å². The van der Waals surface area contributed by atoms with Gasteiger partial charge in [-0.05, 0) is 19.1 Å². The smallest absolute Gasteiger partial charge is 0.271 e. The molecule has 0 unspecified atom stereocenters. The highest BCUT2D eigenvalue weighted by Crippen LogP contribution is 2.27. The van der Waals surface area contributed by atoms with E-state index in [2.05, 4.69) is 10.2 Å². The normalized spacial score (nSPS) is 18.7. The molecule has 0 bridgehead atoms. The largest absolute Gasteiger partial charge is 0.423 e. The second-order valence-electron chi connectivity index (χ2n) is 6.14. The van der Waals surface area contributed by atoms with Crippen LogP contribution in [-0.4, -0.2) is 45.3 Å². The first-order valence-electron chi connectivity index (χ1n) is 7.83. The van der Waals surface area contributed by atoms with Crippen molar-refractivity contribution in [1.29, 1.82) is 0 Å². The predicted molar refractivity (Wildman–Crippen MR) is 83.1 cm³/mol. The van der Waals surface area contributed by atoms with Crippen molar-refractivity contribution in [2.45, 2.75) is 32.7 Å². The van der Waals surface area contributed by atoms with Crippen molar-refractivity contribution in [1.82, 2.24) is 19.7 Å². The maximum Gasteiger partial charge on any atom is 0.271 e. The minimum absolute atomic E-state index is 0.0433. The Morgan fingerprint density at radius 3 is 2.74 bits per heavy atom. The van der Waals surface area contributed by atoms with E-state index < -0.39 is 0 Å². The Morgan fingerprint density at radius 1 is 1.35 bits per heavy atom. The molecule has 2 aromatic heterocycles. The van der Waals surface area contributed by atoms with Crippen LogP contribution in [0.3, 0.4) is 0 Å². The van der Waals surface area contributed by atoms with E-state index in [9.17, 15) is 4.79 Å². The van der Waals surface area contributed by atoms with Gasteiger partial charge in [0, 0.05) is 25.2 Å². The van der Waals surface area contributed by atoms with Gasteiger partial charge in [-0.2, -0.15) is 0 Å². The highest BCUT2D eigenvalue weighted by atomic mass is 16.5. The number of hydrogen-bond acceptors (Lipinski definition) is 5. The number of aromatic nitrogens is 3. The van der Waals surface area contributed by atoms with E-state index in [0.29, 0.717) is 37.2 Å². The van der Waals surface area contributed by atoms with Gasteiger partial charge in [-0.3, -0.25) is 4.79 Å². The van der Waals surface area contributed by atoms with E-state index in [1.54, 1.807) is 4.90 Å². The zero-order chi connectivity index (χ0) is 16.6. The van der Waals surface area contributed by atoms with Crippen molar-refractivity contribution in [3.63, 3.8) is 0 Å². The Hall–Kier alpha value is -2.15. The lowest BCUT2D eigenvalue weighted by atomic mass is 10.2. The van der Waals surface area contributed by atoms with Gasteiger partial charge in [-0.25, -0.2) is 0 Å². The summed E-state index contributed by atoms with van der Waals surface area (Å²) in [5, 5.41) is 8.18. The topological polar surface area (TPSA) is 73.4 Å². The third-order valence-corrected chi connectivity index (χ3v) is 4.22. The molecule has 3 rings (SSSR count). The number of ether oxygens (including phenoxy) is 1. The molecule has 1 atom stereocenters. The van der Waals surface area contributed by atoms with Gasteiger partial charge in [0.2, 0.25) is 11.8 Å². The highest BCUT2D eigenvalue weighted by molar-refractivity contribution is 5.93. The van der Waals surface area contributed by atoms with Crippen molar-refractivity contribution < 1.29 is 13.9 Å². The highest BCUT2D eigenvalue weighted by Gasteiger charge is 2.34. The molecule has 0 radical (unpaired) electrons. The number of morpholine rings is 1. The van der Waals surface area contributed by atoms with Gasteiger partial charge < -0.3 is 18.6 Å². The van der Waals surface area contributed by atoms with E-state index in [1.807, 2.05) is 44.5 Å². The molecule has 1 fully saturated rings. The number of amides is 1. The molecular weight excluding hydrogens is 296 g/mol. The zero-order valence-corrected chi connectivity index (χ0v) is 13.9. The Kier molecular flexibility index (Phi) is 4.21. The van der Waals surface area contributed by atoms with Crippen LogP contribution in [0, 0.1) is 6.92 Å². The van der Waals surface area contributed by atoms with E-state index in [0.717, 1.165) is 5.69 Å². The third kappa shape index (κ3) is 2.88. The molecule has 0 aromatic carbocycles. The summed E-state index contributed by atoms with van der Waals surface area (Å²) in [6.45, 7) is 7.34. The van der Waals surface area contributed by atoms with Gasteiger partial charge in [0.25, 0.3) is 5.91 Å². The first-order chi connectivity index (χ1) is 11.0. The van der Waals surface area contributed by atoms with Crippen molar-refractivity contribution in [2.24, 2.45) is 7.05 Å². The summed E-state index contributed by atoms with van der Waals surface area (Å²) in [6.07, 6.45) is 0. The fourth-order valence-corrected chi connectivity index (χ4v) is 2.64. The lowest BCUT2D eigenvalue weighted by molar-refractivity contribution is -0.0112. The first-order valence-corrected chi connectivity index (χ1v) is 7.83. The van der Waals surface area contributed by atoms with Gasteiger partial charge >= 0.3 is 0 Å². The SMILES string of the molecule is Cc1ccc(C(=O)N2CCOC[C@H]2c2nnc(C(C)C)o2)n1C. The number of hydrogen-bond donors (Lipinski definition) is 0. The summed E-state index contributed by atoms with van der Waals surface area (Å²) in [4.78, 5) is 14.7. The molecule has 0 saturated carbocycles. The predicted octanol–water partition coefficient (Wildman–Crippen LogP) is 2.05. The van der Waals surface area contributed by atoms with Gasteiger partial charge in [-0.1, -0.05) is 13.8 Å². The molecule has 1 aliphatic heterocycles. The van der Waals surface area contributed by atoms with E-state index in [4.69, 9.17) is 9.15 Å². The van der Waals surface area contributed by atoms with E-state index in [1.165, 1.54) is 0 Å². The van der Waals surface area contributed by atoms with Crippen LogP contribution in [-0.2, 0) is 11.8 Å². The molecule has 0 spiro atoms. The van der Waals surface area contributed by atoms with Gasteiger partial charge in [0.15, 0.2) is 0 Å². The second-order valence-corrected chi connectivity index (χ2v) is 6.14. The summed E-state index contributed by atoms with van der Waals surface area (Å²) in [7, 11) is 1.89. The van der Waals surface area contributed by atoms with Crippen LogP contribution in [0.1, 0.15) is 53.8 Å². The van der Waals surface area contributed by atoms with Crippen LogP contribution in [0.5, 0.6) is 0 Å². The molecule has 7 nitrogen and oxygen atoms in total. The fraction of sp³-hybridized carbons (Fsp3) is 0.562. The molecular formula is C16H22N4O3. The molecule has 0 aliphatic carbocycles. The molecule has 2 aromatic rings. The quantitative estimate of drug-likeness (QED) is 0.866. The Balaban J connectivity index is 1.89. The monoisotopic (exact) mass is 318 g/mol. The van der Waals surface area contributed by atoms with Gasteiger partial charge in [0.1, 0.15) is 11.7 Å². The van der Waals surface area contributed by atoms with Crippen LogP contribution >= 0.6 is 0 Å². The van der Waals surface area contributed by atoms with Gasteiger partial charge in [0.05, 0.1) is 13.2 Å². The Morgan fingerprint density at radius 2 is 2.13 bits per heavy atom. The average Bonchev–Trinajstić information content (AvgIpc) is 3.15. The molecule has 1 saturated heterocycles. The number of nitrogens with zero attached hydrogens (tertiary/aromatic N) is 4. The lowest BCUT2D eigenvalue weighted by Gasteiger charge is -2.33. The third-order valence-electron chi connectivity index (χ3n) is 4.22. The minimum atomic E-state index is -0.341. The summed E-state index contributed by atoms with van der Waals surface area (Å²) >= 11 is 0. The summed E-state index contributed by atoms with van der Waals surface area (Å²) in [5.74, 6) is 1.12. The van der Waals surface area contributed by atoms with Crippen LogP contribution in [0.25, 0.3) is 0 Å². The van der Waals surface area contributed by atoms with E-state index >= 15 is 0 Å². The average molecular weight is 318 g/mol. The molecule has 0 N–H and O–H groups in total. The van der Waals surface area contributed by atoms with Crippen molar-refractivity contribution in [3.8, 4) is 0 Å². The Labute approximate surface area is 135 Å². The van der Waals surface area contributed by atoms with Crippen molar-refractivity contribution in [3.05, 3.63) is 35.3 Å². The molecule has 124 valence electrons. The number of carbonyl (C=O) groups excluding carboxylic acids is 1. The van der Waals surface area contributed by atoms with Crippen LogP contribution in [0.2, 0.25) is 0 Å². The summed E-state index contributed by atoms with van der Waals surface area (Å²) < 4.78 is 13.2. The first kappa shape index (κ1) is 15.7. The number of aryl methyl sites for hydroxylation is 1. The lowest BCUT2D eigenvalue weighted by Crippen LogP contribution is -2.44. The molecule has 7 heteroatoms. The molecule has 23 heavy (non-hydrogen) atoms. The summed E-state index contributed by atoms with van der Waals surface area (Å²) in [5.41, 5.74) is 1.69. The molecule has 1 aliphatic rings. The molecule has 3 heterocycles.